The van der Waals surface area contributed by atoms with Crippen LogP contribution in [0.1, 0.15) is 0 Å². The van der Waals surface area contributed by atoms with Gasteiger partial charge in [0.1, 0.15) is 5.52 Å². The van der Waals surface area contributed by atoms with Crippen molar-refractivity contribution in [1.82, 2.24) is 4.98 Å². The second-order valence-electron chi connectivity index (χ2n) is 2.46. The Kier molecular flexibility index (Phi) is 1.70. The number of rotatable bonds is 1. The molecule has 1 aromatic carbocycles. The number of nitrogen functional groups attached to an aromatic ring is 1. The molecule has 13 heavy (non-hydrogen) atoms. The van der Waals surface area contributed by atoms with Crippen LogP contribution in [0, 0.1) is 0 Å². The highest BCUT2D eigenvalue weighted by atomic mass is 32.2. The molecule has 2 N–H and O–H groups in total. The normalized spacial score (nSPS) is 11.2. The van der Waals surface area contributed by atoms with E-state index < -0.39 is 10.7 Å². The van der Waals surface area contributed by atoms with Crippen molar-refractivity contribution in [2.45, 2.75) is 4.90 Å². The maximum Gasteiger partial charge on any atom is 0.292 e. The first-order chi connectivity index (χ1) is 6.16. The van der Waals surface area contributed by atoms with Gasteiger partial charge in [-0.1, -0.05) is 0 Å². The van der Waals surface area contributed by atoms with E-state index in [2.05, 4.69) is 4.98 Å². The van der Waals surface area contributed by atoms with Gasteiger partial charge in [0.25, 0.3) is 6.01 Å². The van der Waals surface area contributed by atoms with Crippen molar-refractivity contribution >= 4 is 27.8 Å². The monoisotopic (exact) mass is 198 g/mol. The second kappa shape index (κ2) is 2.74. The molecule has 1 aromatic heterocycles. The number of fused-ring (bicyclic) bond motifs is 1. The average Bonchev–Trinajstić information content (AvgIpc) is 2.42. The fourth-order valence-corrected chi connectivity index (χ4v) is 1.46. The van der Waals surface area contributed by atoms with E-state index in [1.54, 1.807) is 6.07 Å². The Balaban J connectivity index is 2.74. The van der Waals surface area contributed by atoms with Gasteiger partial charge in [0.2, 0.25) is 0 Å². The number of hydrogen-bond acceptors (Lipinski definition) is 5. The molecule has 2 aromatic rings. The molecule has 2 rings (SSSR count). The van der Waals surface area contributed by atoms with E-state index >= 15 is 0 Å². The highest BCUT2D eigenvalue weighted by Gasteiger charge is 2.04. The van der Waals surface area contributed by atoms with Gasteiger partial charge in [0.15, 0.2) is 16.3 Å². The lowest BCUT2D eigenvalue weighted by Crippen LogP contribution is -1.80. The molecule has 68 valence electrons. The zero-order valence-electron chi connectivity index (χ0n) is 6.43. The number of nitrogens with two attached hydrogens (primary N) is 1. The first kappa shape index (κ1) is 8.06. The third-order valence-electron chi connectivity index (χ3n) is 1.60. The van der Waals surface area contributed by atoms with Gasteiger partial charge >= 0.3 is 0 Å². The number of nitrogens with zero attached hydrogens (tertiary/aromatic N) is 1. The Morgan fingerprint density at radius 1 is 1.38 bits per heavy atom. The van der Waals surface area contributed by atoms with E-state index in [4.69, 9.17) is 10.2 Å². The van der Waals surface area contributed by atoms with Gasteiger partial charge in [-0.05, 0) is 12.1 Å². The number of thiol groups is 1. The summed E-state index contributed by atoms with van der Waals surface area (Å²) in [4.78, 5) is 4.02. The van der Waals surface area contributed by atoms with Crippen molar-refractivity contribution in [2.75, 3.05) is 5.73 Å². The molecule has 5 nitrogen and oxygen atoms in total. The van der Waals surface area contributed by atoms with E-state index in [0.29, 0.717) is 11.1 Å². The van der Waals surface area contributed by atoms with Crippen LogP contribution < -0.4 is 5.73 Å². The quantitative estimate of drug-likeness (QED) is 0.647. The van der Waals surface area contributed by atoms with E-state index in [1.807, 2.05) is 0 Å². The van der Waals surface area contributed by atoms with E-state index in [-0.39, 0.29) is 10.9 Å². The molecule has 0 bridgehead atoms. The minimum atomic E-state index is -2.59. The lowest BCUT2D eigenvalue weighted by molar-refractivity contribution is 0.611. The van der Waals surface area contributed by atoms with Crippen LogP contribution in [-0.4, -0.2) is 13.4 Å². The van der Waals surface area contributed by atoms with Crippen LogP contribution in [0.4, 0.5) is 6.01 Å². The number of hydrogen-bond donors (Lipinski definition) is 2. The molecule has 0 aliphatic heterocycles. The standard InChI is InChI=1S/C7H6N2O3S/c8-7-9-5-2-1-4(13(10)11)3-6(5)12-7/h1-3,13H,(H2,8,9). The van der Waals surface area contributed by atoms with Crippen molar-refractivity contribution in [2.24, 2.45) is 0 Å². The zero-order chi connectivity index (χ0) is 9.42. The van der Waals surface area contributed by atoms with Crippen LogP contribution in [-0.2, 0) is 10.7 Å². The van der Waals surface area contributed by atoms with Gasteiger partial charge in [-0.2, -0.15) is 4.98 Å². The zero-order valence-corrected chi connectivity index (χ0v) is 7.32. The fraction of sp³-hybridized carbons (Fsp3) is 0. The summed E-state index contributed by atoms with van der Waals surface area (Å²) in [5.74, 6) is 0. The van der Waals surface area contributed by atoms with Crippen molar-refractivity contribution < 1.29 is 12.8 Å². The summed E-state index contributed by atoms with van der Waals surface area (Å²) in [6, 6.07) is 4.43. The average molecular weight is 198 g/mol. The minimum Gasteiger partial charge on any atom is -0.424 e. The topological polar surface area (TPSA) is 86.2 Å². The lowest BCUT2D eigenvalue weighted by Gasteiger charge is -1.87. The molecule has 0 aliphatic rings. The fourth-order valence-electron chi connectivity index (χ4n) is 1.04. The largest absolute Gasteiger partial charge is 0.424 e. The molecule has 0 aliphatic carbocycles. The van der Waals surface area contributed by atoms with Crippen molar-refractivity contribution in [3.8, 4) is 0 Å². The second-order valence-corrected chi connectivity index (χ2v) is 3.49. The van der Waals surface area contributed by atoms with Crippen molar-refractivity contribution in [1.29, 1.82) is 0 Å². The number of anilines is 1. The summed E-state index contributed by atoms with van der Waals surface area (Å²) >= 11 is 0. The molecule has 0 saturated carbocycles. The maximum absolute atomic E-state index is 10.6. The molecule has 0 spiro atoms. The Hall–Kier alpha value is -1.56. The molecule has 6 heteroatoms. The molecule has 0 amide bonds. The molecular weight excluding hydrogens is 192 g/mol. The maximum atomic E-state index is 10.6. The molecule has 0 saturated heterocycles. The van der Waals surface area contributed by atoms with E-state index in [9.17, 15) is 8.42 Å². The Morgan fingerprint density at radius 3 is 2.85 bits per heavy atom. The van der Waals surface area contributed by atoms with Crippen LogP contribution in [0.2, 0.25) is 0 Å². The minimum absolute atomic E-state index is 0.0354. The van der Waals surface area contributed by atoms with Crippen LogP contribution in [0.5, 0.6) is 0 Å². The van der Waals surface area contributed by atoms with E-state index in [0.717, 1.165) is 0 Å². The number of aromatic nitrogens is 1. The van der Waals surface area contributed by atoms with Gasteiger partial charge in [0.05, 0.1) is 4.90 Å². The van der Waals surface area contributed by atoms with E-state index in [1.165, 1.54) is 12.1 Å². The molecule has 0 fully saturated rings. The first-order valence-corrected chi connectivity index (χ1v) is 4.65. The Morgan fingerprint density at radius 2 is 2.15 bits per heavy atom. The SMILES string of the molecule is Nc1nc2ccc([SH](=O)=O)cc2o1. The Labute approximate surface area is 75.1 Å². The van der Waals surface area contributed by atoms with Crippen LogP contribution in [0.15, 0.2) is 27.5 Å². The van der Waals surface area contributed by atoms with Crippen LogP contribution >= 0.6 is 0 Å². The molecule has 1 heterocycles. The van der Waals surface area contributed by atoms with Crippen molar-refractivity contribution in [3.05, 3.63) is 18.2 Å². The highest BCUT2D eigenvalue weighted by molar-refractivity contribution is 7.72. The molecule has 0 unspecified atom stereocenters. The first-order valence-electron chi connectivity index (χ1n) is 3.47. The van der Waals surface area contributed by atoms with Crippen molar-refractivity contribution in [3.63, 3.8) is 0 Å². The van der Waals surface area contributed by atoms with Crippen LogP contribution in [0.25, 0.3) is 11.1 Å². The smallest absolute Gasteiger partial charge is 0.292 e. The Bertz CT molecular complexity index is 522. The van der Waals surface area contributed by atoms with Crippen LogP contribution in [0.3, 0.4) is 0 Å². The summed E-state index contributed by atoms with van der Waals surface area (Å²) in [7, 11) is -2.59. The molecule has 0 radical (unpaired) electrons. The van der Waals surface area contributed by atoms with Gasteiger partial charge < -0.3 is 10.2 Å². The number of benzene rings is 1. The summed E-state index contributed by atoms with van der Waals surface area (Å²) in [5, 5.41) is 0. The third-order valence-corrected chi connectivity index (χ3v) is 2.30. The highest BCUT2D eigenvalue weighted by Crippen LogP contribution is 2.18. The molecular formula is C7H6N2O3S. The summed E-state index contributed by atoms with van der Waals surface area (Å²) in [6.45, 7) is 0. The van der Waals surface area contributed by atoms with Gasteiger partial charge in [-0.3, -0.25) is 0 Å². The summed E-state index contributed by atoms with van der Waals surface area (Å²) in [6.07, 6.45) is 0. The predicted molar refractivity (Wildman–Crippen MR) is 47.0 cm³/mol. The van der Waals surface area contributed by atoms with Gasteiger partial charge in [-0.15, -0.1) is 0 Å². The summed E-state index contributed by atoms with van der Waals surface area (Å²) in [5.41, 5.74) is 6.23. The predicted octanol–water partition coefficient (Wildman–Crippen LogP) is 0.380. The van der Waals surface area contributed by atoms with Gasteiger partial charge in [0, 0.05) is 6.07 Å². The molecule has 0 atom stereocenters. The van der Waals surface area contributed by atoms with Gasteiger partial charge in [-0.25, -0.2) is 8.42 Å². The summed E-state index contributed by atoms with van der Waals surface area (Å²) < 4.78 is 26.1. The lowest BCUT2D eigenvalue weighted by atomic mass is 10.3. The third kappa shape index (κ3) is 1.35. The number of oxazole rings is 1.